The van der Waals surface area contributed by atoms with Crippen LogP contribution in [0.5, 0.6) is 0 Å². The lowest BCUT2D eigenvalue weighted by molar-refractivity contribution is -0.134. The summed E-state index contributed by atoms with van der Waals surface area (Å²) >= 11 is 7.95. The van der Waals surface area contributed by atoms with E-state index in [4.69, 9.17) is 11.6 Å². The molecule has 0 bridgehead atoms. The highest BCUT2D eigenvalue weighted by molar-refractivity contribution is 14.1. The molecule has 0 saturated carbocycles. The van der Waals surface area contributed by atoms with E-state index in [0.29, 0.717) is 9.26 Å². The fourth-order valence-corrected chi connectivity index (χ4v) is 2.56. The van der Waals surface area contributed by atoms with Gasteiger partial charge in [0.05, 0.1) is 15.7 Å². The lowest BCUT2D eigenvalue weighted by Crippen LogP contribution is -2.19. The van der Waals surface area contributed by atoms with Gasteiger partial charge in [0.15, 0.2) is 0 Å². The minimum absolute atomic E-state index is 0.141. The van der Waals surface area contributed by atoms with E-state index in [1.807, 2.05) is 43.4 Å². The summed E-state index contributed by atoms with van der Waals surface area (Å²) in [6, 6.07) is 0. The first-order chi connectivity index (χ1) is 8.00. The van der Waals surface area contributed by atoms with E-state index in [0.717, 1.165) is 0 Å². The topological polar surface area (TPSA) is 25.8 Å². The smallest absolute Gasteiger partial charge is 0.236 e. The Kier molecular flexibility index (Phi) is 4.86. The highest BCUT2D eigenvalue weighted by atomic mass is 127. The van der Waals surface area contributed by atoms with Gasteiger partial charge in [0.2, 0.25) is 0 Å². The standard InChI is InChI=1S/C11H13ClF3IN2/c1-10(2,3)8-7(16)9(12)18-6(17-8)4-5-11(13,14)15/h4-5H2,1-3H3. The molecule has 1 heterocycles. The number of aromatic nitrogens is 2. The molecule has 0 atom stereocenters. The molecule has 1 aromatic rings. The Hall–Kier alpha value is -0.110. The number of hydrogen-bond acceptors (Lipinski definition) is 2. The van der Waals surface area contributed by atoms with Crippen LogP contribution >= 0.6 is 34.2 Å². The fraction of sp³-hybridized carbons (Fsp3) is 0.636. The van der Waals surface area contributed by atoms with Crippen molar-refractivity contribution in [3.05, 3.63) is 20.2 Å². The molecular formula is C11H13ClF3IN2. The van der Waals surface area contributed by atoms with Crippen molar-refractivity contribution in [1.29, 1.82) is 0 Å². The number of halogens is 5. The van der Waals surface area contributed by atoms with E-state index in [2.05, 4.69) is 9.97 Å². The van der Waals surface area contributed by atoms with Crippen molar-refractivity contribution in [2.24, 2.45) is 0 Å². The van der Waals surface area contributed by atoms with Crippen molar-refractivity contribution in [2.75, 3.05) is 0 Å². The quantitative estimate of drug-likeness (QED) is 0.546. The summed E-state index contributed by atoms with van der Waals surface area (Å²) in [5.41, 5.74) is 0.399. The Balaban J connectivity index is 3.06. The second kappa shape index (κ2) is 5.48. The molecule has 0 unspecified atom stereocenters. The lowest BCUT2D eigenvalue weighted by Gasteiger charge is -2.20. The van der Waals surface area contributed by atoms with Crippen molar-refractivity contribution < 1.29 is 13.2 Å². The second-order valence-corrected chi connectivity index (χ2v) is 6.40. The maximum absolute atomic E-state index is 12.2. The van der Waals surface area contributed by atoms with E-state index in [1.165, 1.54) is 0 Å². The van der Waals surface area contributed by atoms with Crippen LogP contribution in [0.4, 0.5) is 13.2 Å². The van der Waals surface area contributed by atoms with Crippen molar-refractivity contribution in [3.63, 3.8) is 0 Å². The van der Waals surface area contributed by atoms with Gasteiger partial charge in [0.1, 0.15) is 11.0 Å². The Morgan fingerprint density at radius 1 is 1.17 bits per heavy atom. The van der Waals surface area contributed by atoms with Gasteiger partial charge < -0.3 is 0 Å². The molecule has 0 fully saturated rings. The Labute approximate surface area is 122 Å². The zero-order valence-electron chi connectivity index (χ0n) is 10.2. The highest BCUT2D eigenvalue weighted by Gasteiger charge is 2.28. The van der Waals surface area contributed by atoms with Crippen LogP contribution in [0.15, 0.2) is 0 Å². The maximum Gasteiger partial charge on any atom is 0.389 e. The van der Waals surface area contributed by atoms with Gasteiger partial charge in [-0.15, -0.1) is 0 Å². The second-order valence-electron chi connectivity index (χ2n) is 4.96. The summed E-state index contributed by atoms with van der Waals surface area (Å²) < 4.78 is 37.2. The van der Waals surface area contributed by atoms with E-state index in [9.17, 15) is 13.2 Å². The van der Waals surface area contributed by atoms with Crippen molar-refractivity contribution >= 4 is 34.2 Å². The molecular weight excluding hydrogens is 379 g/mol. The Bertz CT molecular complexity index is 441. The van der Waals surface area contributed by atoms with E-state index in [1.54, 1.807) is 0 Å². The van der Waals surface area contributed by atoms with Gasteiger partial charge in [-0.2, -0.15) is 13.2 Å². The van der Waals surface area contributed by atoms with E-state index >= 15 is 0 Å². The summed E-state index contributed by atoms with van der Waals surface area (Å²) in [7, 11) is 0. The molecule has 1 rings (SSSR count). The Morgan fingerprint density at radius 2 is 1.72 bits per heavy atom. The SMILES string of the molecule is CC(C)(C)c1nc(CCC(F)(F)F)nc(Cl)c1I. The molecule has 7 heteroatoms. The number of nitrogens with zero attached hydrogens (tertiary/aromatic N) is 2. The molecule has 0 aliphatic rings. The third kappa shape index (κ3) is 4.53. The van der Waals surface area contributed by atoms with Gasteiger partial charge in [-0.3, -0.25) is 0 Å². The van der Waals surface area contributed by atoms with Gasteiger partial charge in [-0.05, 0) is 22.6 Å². The fourth-order valence-electron chi connectivity index (χ4n) is 1.33. The molecule has 0 N–H and O–H groups in total. The molecule has 0 spiro atoms. The first-order valence-corrected chi connectivity index (χ1v) is 6.75. The van der Waals surface area contributed by atoms with Crippen LogP contribution in [0.25, 0.3) is 0 Å². The third-order valence-electron chi connectivity index (χ3n) is 2.20. The van der Waals surface area contributed by atoms with E-state index in [-0.39, 0.29) is 22.8 Å². The summed E-state index contributed by atoms with van der Waals surface area (Å²) in [6.07, 6.45) is -5.39. The summed E-state index contributed by atoms with van der Waals surface area (Å²) in [4.78, 5) is 8.10. The molecule has 102 valence electrons. The molecule has 0 aliphatic heterocycles. The number of hydrogen-bond donors (Lipinski definition) is 0. The monoisotopic (exact) mass is 392 g/mol. The maximum atomic E-state index is 12.2. The van der Waals surface area contributed by atoms with Crippen LogP contribution in [0.2, 0.25) is 5.15 Å². The first-order valence-electron chi connectivity index (χ1n) is 5.30. The van der Waals surface area contributed by atoms with Gasteiger partial charge >= 0.3 is 6.18 Å². The molecule has 0 saturated heterocycles. The molecule has 0 aromatic carbocycles. The average molecular weight is 393 g/mol. The zero-order valence-corrected chi connectivity index (χ0v) is 13.1. The minimum Gasteiger partial charge on any atom is -0.236 e. The molecule has 0 aliphatic carbocycles. The third-order valence-corrected chi connectivity index (χ3v) is 3.81. The predicted octanol–water partition coefficient (Wildman–Crippen LogP) is 4.53. The summed E-state index contributed by atoms with van der Waals surface area (Å²) in [5, 5.41) is 0.215. The van der Waals surface area contributed by atoms with Gasteiger partial charge in [0.25, 0.3) is 0 Å². The highest BCUT2D eigenvalue weighted by Crippen LogP contribution is 2.30. The van der Waals surface area contributed by atoms with Gasteiger partial charge in [-0.25, -0.2) is 9.97 Å². The van der Waals surface area contributed by atoms with Crippen LogP contribution in [-0.4, -0.2) is 16.1 Å². The Morgan fingerprint density at radius 3 is 2.17 bits per heavy atom. The van der Waals surface area contributed by atoms with Crippen molar-refractivity contribution in [3.8, 4) is 0 Å². The molecule has 18 heavy (non-hydrogen) atoms. The van der Waals surface area contributed by atoms with Crippen molar-refractivity contribution in [1.82, 2.24) is 9.97 Å². The van der Waals surface area contributed by atoms with Gasteiger partial charge in [0, 0.05) is 11.8 Å². The number of aryl methyl sites for hydroxylation is 1. The van der Waals surface area contributed by atoms with Crippen LogP contribution in [0.3, 0.4) is 0 Å². The van der Waals surface area contributed by atoms with Crippen LogP contribution in [0, 0.1) is 3.57 Å². The molecule has 0 radical (unpaired) electrons. The summed E-state index contributed by atoms with van der Waals surface area (Å²) in [6.45, 7) is 5.80. The van der Waals surface area contributed by atoms with Crippen LogP contribution in [0.1, 0.15) is 38.7 Å². The van der Waals surface area contributed by atoms with E-state index < -0.39 is 12.6 Å². The van der Waals surface area contributed by atoms with Crippen LogP contribution < -0.4 is 0 Å². The molecule has 1 aromatic heterocycles. The van der Waals surface area contributed by atoms with Crippen molar-refractivity contribution in [2.45, 2.75) is 45.2 Å². The van der Waals surface area contributed by atoms with Crippen LogP contribution in [-0.2, 0) is 11.8 Å². The number of alkyl halides is 3. The first kappa shape index (κ1) is 15.9. The normalized spacial score (nSPS) is 12.9. The van der Waals surface area contributed by atoms with Gasteiger partial charge in [-0.1, -0.05) is 32.4 Å². The zero-order chi connectivity index (χ0) is 14.1. The molecule has 2 nitrogen and oxygen atoms in total. The average Bonchev–Trinajstić information content (AvgIpc) is 2.16. The number of rotatable bonds is 2. The molecule has 0 amide bonds. The lowest BCUT2D eigenvalue weighted by atomic mass is 9.92. The largest absolute Gasteiger partial charge is 0.389 e. The predicted molar refractivity (Wildman–Crippen MR) is 72.8 cm³/mol. The summed E-state index contributed by atoms with van der Waals surface area (Å²) in [5.74, 6) is 0.141. The minimum atomic E-state index is -4.21.